The van der Waals surface area contributed by atoms with E-state index in [9.17, 15) is 4.39 Å². The molecule has 45 heavy (non-hydrogen) atoms. The zero-order chi connectivity index (χ0) is 35.8. The van der Waals surface area contributed by atoms with Crippen LogP contribution in [0.15, 0.2) is 109 Å². The molecule has 0 N–H and O–H groups in total. The first-order valence-corrected chi connectivity index (χ1v) is 18.5. The van der Waals surface area contributed by atoms with Crippen LogP contribution in [0.1, 0.15) is 19.4 Å². The summed E-state index contributed by atoms with van der Waals surface area (Å²) in [6.07, 6.45) is 3.53. The molecule has 4 aromatic carbocycles. The molecule has 0 unspecified atom stereocenters. The predicted octanol–water partition coefficient (Wildman–Crippen LogP) is 10.4. The molecule has 0 amide bonds. The third-order valence-corrected chi connectivity index (χ3v) is 10.6. The first-order chi connectivity index (χ1) is 23.6. The number of benzene rings is 4. The Morgan fingerprint density at radius 1 is 0.778 bits per heavy atom. The van der Waals surface area contributed by atoms with Gasteiger partial charge in [-0.1, -0.05) is 92.5 Å². The molecule has 0 atom stereocenters. The molecule has 0 bridgehead atoms. The fourth-order valence-electron chi connectivity index (χ4n) is 4.94. The Balaban J connectivity index is 0.000000211. The molecule has 2 nitrogen and oxygen atoms in total. The van der Waals surface area contributed by atoms with Crippen LogP contribution in [-0.2, 0) is 20.1 Å². The molecule has 0 aliphatic carbocycles. The smallest absolute Gasteiger partial charge is 0.140 e. The first-order valence-electron chi connectivity index (χ1n) is 17.2. The van der Waals surface area contributed by atoms with E-state index in [0.717, 1.165) is 32.3 Å². The van der Waals surface area contributed by atoms with Gasteiger partial charge in [0.1, 0.15) is 5.82 Å². The number of hydrogen-bond acceptors (Lipinski definition) is 3. The summed E-state index contributed by atoms with van der Waals surface area (Å²) >= 11 is 1.34. The normalized spacial score (nSPS) is 13.7. The van der Waals surface area contributed by atoms with Gasteiger partial charge >= 0.3 is 0 Å². The van der Waals surface area contributed by atoms with Gasteiger partial charge in [0.25, 0.3) is 0 Å². The van der Waals surface area contributed by atoms with Gasteiger partial charge in [-0.3, -0.25) is 0 Å². The van der Waals surface area contributed by atoms with Crippen LogP contribution in [0.2, 0.25) is 19.6 Å². The second-order valence-corrected chi connectivity index (χ2v) is 17.6. The molecule has 7 aromatic rings. The number of rotatable bonds is 4. The summed E-state index contributed by atoms with van der Waals surface area (Å²) in [5.41, 5.74) is 4.75. The molecular weight excluding hydrogens is 768 g/mol. The van der Waals surface area contributed by atoms with Gasteiger partial charge in [0.2, 0.25) is 0 Å². The zero-order valence-electron chi connectivity index (χ0n) is 30.9. The van der Waals surface area contributed by atoms with Crippen LogP contribution in [0.4, 0.5) is 4.39 Å². The van der Waals surface area contributed by atoms with Crippen molar-refractivity contribution in [2.75, 3.05) is 0 Å². The maximum Gasteiger partial charge on any atom is 0.140 e. The Kier molecular flexibility index (Phi) is 7.72. The maximum absolute atomic E-state index is 14.3. The van der Waals surface area contributed by atoms with E-state index >= 15 is 0 Å². The molecule has 0 fully saturated rings. The van der Waals surface area contributed by atoms with Crippen molar-refractivity contribution < 1.29 is 32.7 Å². The zero-order valence-corrected chi connectivity index (χ0v) is 29.1. The van der Waals surface area contributed by atoms with E-state index in [0.29, 0.717) is 27.1 Å². The number of aryl methyl sites for hydroxylation is 2. The number of aromatic nitrogens is 2. The van der Waals surface area contributed by atoms with Crippen molar-refractivity contribution >= 4 is 44.8 Å². The Bertz CT molecular complexity index is 2230. The van der Waals surface area contributed by atoms with Crippen molar-refractivity contribution in [1.82, 2.24) is 9.97 Å². The monoisotopic (exact) mass is 807 g/mol. The van der Waals surface area contributed by atoms with E-state index in [-0.39, 0.29) is 31.5 Å². The van der Waals surface area contributed by atoms with Gasteiger partial charge in [0.15, 0.2) is 0 Å². The molecule has 0 aliphatic rings. The van der Waals surface area contributed by atoms with Crippen molar-refractivity contribution in [2.24, 2.45) is 0 Å². The Hall–Kier alpha value is -3.80. The summed E-state index contributed by atoms with van der Waals surface area (Å²) < 4.78 is 61.9. The summed E-state index contributed by atoms with van der Waals surface area (Å²) in [6.45, 7) is 2.45. The van der Waals surface area contributed by atoms with E-state index in [2.05, 4.69) is 47.8 Å². The number of nitrogens with zero attached hydrogens (tertiary/aromatic N) is 2. The molecule has 1 radical (unpaired) electrons. The average molecular weight is 807 g/mol. The van der Waals surface area contributed by atoms with Crippen LogP contribution in [-0.4, -0.2) is 18.0 Å². The Morgan fingerprint density at radius 3 is 2.27 bits per heavy atom. The van der Waals surface area contributed by atoms with Gasteiger partial charge in [-0.05, 0) is 50.7 Å². The van der Waals surface area contributed by atoms with Gasteiger partial charge in [0.05, 0.1) is 12.8 Å². The van der Waals surface area contributed by atoms with Gasteiger partial charge < -0.3 is 9.97 Å². The number of hydrogen-bond donors (Lipinski definition) is 0. The van der Waals surface area contributed by atoms with Crippen molar-refractivity contribution in [3.05, 3.63) is 139 Å². The van der Waals surface area contributed by atoms with Crippen LogP contribution in [0, 0.1) is 31.7 Å². The maximum atomic E-state index is 14.3. The van der Waals surface area contributed by atoms with Crippen LogP contribution in [0.5, 0.6) is 0 Å². The minimum absolute atomic E-state index is 0. The second kappa shape index (κ2) is 13.7. The van der Waals surface area contributed by atoms with Crippen LogP contribution in [0.3, 0.4) is 0 Å². The third kappa shape index (κ3) is 7.05. The molecule has 0 saturated carbocycles. The molecular formula is C39H33FIrN2SSi-2. The topological polar surface area (TPSA) is 25.8 Å². The van der Waals surface area contributed by atoms with Gasteiger partial charge in [-0.2, -0.15) is 11.3 Å². The molecule has 6 heteroatoms. The Morgan fingerprint density at radius 2 is 1.58 bits per heavy atom. The fraction of sp³-hybridized carbons (Fsp3) is 0.128. The summed E-state index contributed by atoms with van der Waals surface area (Å²) in [6, 6.07) is 34.9. The summed E-state index contributed by atoms with van der Waals surface area (Å²) in [4.78, 5) is 9.04. The van der Waals surface area contributed by atoms with E-state index in [4.69, 9.17) is 8.22 Å². The third-order valence-electron chi connectivity index (χ3n) is 7.37. The van der Waals surface area contributed by atoms with Crippen molar-refractivity contribution in [3.8, 4) is 33.6 Å². The minimum atomic E-state index is -2.30. The fourth-order valence-corrected chi connectivity index (χ4v) is 7.19. The van der Waals surface area contributed by atoms with Crippen LogP contribution < -0.4 is 5.19 Å². The number of pyridine rings is 2. The number of thiophene rings is 1. The van der Waals surface area contributed by atoms with Gasteiger partial charge in [-0.25, -0.2) is 4.39 Å². The standard InChI is InChI=1S/C24H15FNS.C15H18NSi.Ir/c1-15-13-22(26-14-20(15)16-7-3-2-4-8-16)19-11-5-9-17-18-10-6-12-21(25)24(18)27-23(17)19;1-12-5-7-13(8-6-12)15-10-9-14(11-16-15)17(2,3)4;/h2-10,12-14H,1H3;5-7,9-11H,1-4H3;/q2*-1;/i2*1D3;. The van der Waals surface area contributed by atoms with Gasteiger partial charge in [-0.15, -0.1) is 59.2 Å². The molecule has 3 heterocycles. The molecule has 3 aromatic heterocycles. The second-order valence-electron chi connectivity index (χ2n) is 11.5. The van der Waals surface area contributed by atoms with E-state index < -0.39 is 21.8 Å². The van der Waals surface area contributed by atoms with E-state index in [1.807, 2.05) is 54.7 Å². The largest absolute Gasteiger partial charge is 0.305 e. The predicted molar refractivity (Wildman–Crippen MR) is 188 cm³/mol. The van der Waals surface area contributed by atoms with Crippen LogP contribution >= 0.6 is 11.3 Å². The minimum Gasteiger partial charge on any atom is -0.305 e. The van der Waals surface area contributed by atoms with Crippen molar-refractivity contribution in [1.29, 1.82) is 0 Å². The number of fused-ring (bicyclic) bond motifs is 3. The van der Waals surface area contributed by atoms with Crippen molar-refractivity contribution in [3.63, 3.8) is 0 Å². The van der Waals surface area contributed by atoms with Crippen LogP contribution in [0.25, 0.3) is 53.8 Å². The molecule has 227 valence electrons. The van der Waals surface area contributed by atoms with Gasteiger partial charge in [0, 0.05) is 46.3 Å². The van der Waals surface area contributed by atoms with E-state index in [1.165, 1.54) is 28.7 Å². The summed E-state index contributed by atoms with van der Waals surface area (Å²) in [5.74, 6) is -0.268. The summed E-state index contributed by atoms with van der Waals surface area (Å²) in [7, 11) is -1.34. The Labute approximate surface area is 291 Å². The SMILES string of the molecule is [2H]C([2H])([2H])c1c[c-]c(-c2ccc([Si](C)(C)C)cn2)cc1.[2H]C([2H])([2H])c1cc(-c2[c-]ccc3c2sc2c(F)cccc23)ncc1-c1ccccc1.[Ir]. The average Bonchev–Trinajstić information content (AvgIpc) is 3.48. The summed E-state index contributed by atoms with van der Waals surface area (Å²) in [5, 5.41) is 3.05. The molecule has 0 spiro atoms. The van der Waals surface area contributed by atoms with Crippen molar-refractivity contribution in [2.45, 2.75) is 33.3 Å². The van der Waals surface area contributed by atoms with E-state index in [1.54, 1.807) is 36.5 Å². The number of halogens is 1. The molecule has 0 saturated heterocycles. The first kappa shape index (κ1) is 25.4. The molecule has 0 aliphatic heterocycles. The molecule has 7 rings (SSSR count). The quantitative estimate of drug-likeness (QED) is 0.131.